The number of nitrogens with one attached hydrogen (secondary N) is 1. The van der Waals surface area contributed by atoms with Gasteiger partial charge in [-0.15, -0.1) is 0 Å². The number of halogens is 2. The minimum atomic E-state index is -0.467. The lowest BCUT2D eigenvalue weighted by Crippen LogP contribution is -2.18. The van der Waals surface area contributed by atoms with Gasteiger partial charge in [0.1, 0.15) is 5.82 Å². The molecule has 0 spiro atoms. The third-order valence-corrected chi connectivity index (χ3v) is 3.81. The van der Waals surface area contributed by atoms with Gasteiger partial charge in [-0.1, -0.05) is 48.0 Å². The van der Waals surface area contributed by atoms with Crippen LogP contribution in [-0.2, 0) is 6.54 Å². The van der Waals surface area contributed by atoms with Crippen LogP contribution in [0.2, 0.25) is 5.02 Å². The van der Waals surface area contributed by atoms with Crippen molar-refractivity contribution in [1.29, 1.82) is 0 Å². The second-order valence-corrected chi connectivity index (χ2v) is 5.52. The topological polar surface area (TPSA) is 37.8 Å². The lowest BCUT2D eigenvalue weighted by molar-refractivity contribution is 0.622. The van der Waals surface area contributed by atoms with Crippen molar-refractivity contribution in [3.8, 4) is 11.1 Å². The molecule has 0 aliphatic carbocycles. The van der Waals surface area contributed by atoms with Crippen LogP contribution in [0.3, 0.4) is 0 Å². The number of hydrogen-bond donors (Lipinski definition) is 1. The number of aryl methyl sites for hydroxylation is 1. The lowest BCUT2D eigenvalue weighted by Gasteiger charge is -2.03. The first-order valence-corrected chi connectivity index (χ1v) is 7.23. The number of rotatable bonds is 3. The van der Waals surface area contributed by atoms with E-state index in [1.807, 2.05) is 37.3 Å². The van der Waals surface area contributed by atoms with Gasteiger partial charge in [0.05, 0.1) is 17.1 Å². The number of H-pyrrole nitrogens is 1. The SMILES string of the molecule is Cc1[nH]n(Cc2ccc(F)c(Cl)c2)c(=O)c1-c1ccccc1. The quantitative estimate of drug-likeness (QED) is 0.779. The van der Waals surface area contributed by atoms with Crippen LogP contribution in [0.25, 0.3) is 11.1 Å². The summed E-state index contributed by atoms with van der Waals surface area (Å²) in [4.78, 5) is 12.6. The molecular formula is C17H14ClFN2O. The standard InChI is InChI=1S/C17H14ClFN2O/c1-11-16(13-5-3-2-4-6-13)17(22)21(20-11)10-12-7-8-15(19)14(18)9-12/h2-9,20H,10H2,1H3. The van der Waals surface area contributed by atoms with E-state index in [-0.39, 0.29) is 10.6 Å². The molecule has 0 amide bonds. The van der Waals surface area contributed by atoms with E-state index in [1.165, 1.54) is 16.8 Å². The molecule has 112 valence electrons. The Labute approximate surface area is 132 Å². The van der Waals surface area contributed by atoms with E-state index >= 15 is 0 Å². The highest BCUT2D eigenvalue weighted by atomic mass is 35.5. The fourth-order valence-corrected chi connectivity index (χ4v) is 2.68. The zero-order valence-corrected chi connectivity index (χ0v) is 12.7. The Kier molecular flexibility index (Phi) is 3.86. The predicted molar refractivity (Wildman–Crippen MR) is 85.7 cm³/mol. The summed E-state index contributed by atoms with van der Waals surface area (Å²) in [6.07, 6.45) is 0. The highest BCUT2D eigenvalue weighted by Gasteiger charge is 2.13. The average molecular weight is 317 g/mol. The van der Waals surface area contributed by atoms with Crippen LogP contribution < -0.4 is 5.56 Å². The van der Waals surface area contributed by atoms with E-state index in [4.69, 9.17) is 11.6 Å². The Morgan fingerprint density at radius 1 is 1.18 bits per heavy atom. The van der Waals surface area contributed by atoms with Gasteiger partial charge in [-0.05, 0) is 30.2 Å². The van der Waals surface area contributed by atoms with Gasteiger partial charge in [-0.2, -0.15) is 0 Å². The van der Waals surface area contributed by atoms with Crippen LogP contribution in [0, 0.1) is 12.7 Å². The summed E-state index contributed by atoms with van der Waals surface area (Å²) < 4.78 is 14.7. The average Bonchev–Trinajstić information content (AvgIpc) is 2.78. The summed E-state index contributed by atoms with van der Waals surface area (Å²) in [5.74, 6) is -0.467. The normalized spacial score (nSPS) is 10.9. The first-order chi connectivity index (χ1) is 10.6. The second kappa shape index (κ2) is 5.81. The van der Waals surface area contributed by atoms with Crippen molar-refractivity contribution in [2.24, 2.45) is 0 Å². The van der Waals surface area contributed by atoms with E-state index in [0.29, 0.717) is 12.1 Å². The summed E-state index contributed by atoms with van der Waals surface area (Å²) in [7, 11) is 0. The highest BCUT2D eigenvalue weighted by molar-refractivity contribution is 6.30. The van der Waals surface area contributed by atoms with E-state index in [2.05, 4.69) is 5.10 Å². The Hall–Kier alpha value is -2.33. The summed E-state index contributed by atoms with van der Waals surface area (Å²) in [6.45, 7) is 2.17. The number of hydrogen-bond acceptors (Lipinski definition) is 1. The predicted octanol–water partition coefficient (Wildman–Crippen LogP) is 3.99. The minimum absolute atomic E-state index is 0.0529. The zero-order chi connectivity index (χ0) is 15.7. The molecule has 3 rings (SSSR count). The van der Waals surface area contributed by atoms with Gasteiger partial charge < -0.3 is 0 Å². The third kappa shape index (κ3) is 2.70. The van der Waals surface area contributed by atoms with E-state index < -0.39 is 5.82 Å². The molecule has 1 aromatic heterocycles. The third-order valence-electron chi connectivity index (χ3n) is 3.52. The smallest absolute Gasteiger partial charge is 0.274 e. The summed E-state index contributed by atoms with van der Waals surface area (Å²) >= 11 is 5.78. The van der Waals surface area contributed by atoms with Gasteiger partial charge in [-0.25, -0.2) is 9.07 Å². The van der Waals surface area contributed by atoms with Gasteiger partial charge in [-0.3, -0.25) is 9.89 Å². The first-order valence-electron chi connectivity index (χ1n) is 6.85. The van der Waals surface area contributed by atoms with Gasteiger partial charge in [0, 0.05) is 5.69 Å². The highest BCUT2D eigenvalue weighted by Crippen LogP contribution is 2.19. The molecule has 1 N–H and O–H groups in total. The Bertz CT molecular complexity index is 868. The fraction of sp³-hybridized carbons (Fsp3) is 0.118. The number of aromatic nitrogens is 2. The molecule has 3 aromatic rings. The monoisotopic (exact) mass is 316 g/mol. The van der Waals surface area contributed by atoms with Crippen molar-refractivity contribution in [3.63, 3.8) is 0 Å². The number of aromatic amines is 1. The molecule has 3 nitrogen and oxygen atoms in total. The van der Waals surface area contributed by atoms with Gasteiger partial charge in [0.15, 0.2) is 0 Å². The molecule has 0 radical (unpaired) electrons. The molecule has 22 heavy (non-hydrogen) atoms. The zero-order valence-electron chi connectivity index (χ0n) is 11.9. The Balaban J connectivity index is 1.99. The van der Waals surface area contributed by atoms with E-state index in [0.717, 1.165) is 16.8 Å². The number of benzene rings is 2. The van der Waals surface area contributed by atoms with Crippen molar-refractivity contribution in [1.82, 2.24) is 9.78 Å². The molecule has 0 aliphatic rings. The summed E-state index contributed by atoms with van der Waals surface area (Å²) in [5, 5.41) is 3.11. The lowest BCUT2D eigenvalue weighted by atomic mass is 10.1. The largest absolute Gasteiger partial charge is 0.299 e. The van der Waals surface area contributed by atoms with Gasteiger partial charge in [0.2, 0.25) is 0 Å². The number of nitrogens with zero attached hydrogens (tertiary/aromatic N) is 1. The van der Waals surface area contributed by atoms with Crippen molar-refractivity contribution >= 4 is 11.6 Å². The van der Waals surface area contributed by atoms with Gasteiger partial charge >= 0.3 is 0 Å². The molecule has 0 aliphatic heterocycles. The second-order valence-electron chi connectivity index (χ2n) is 5.12. The maximum absolute atomic E-state index is 13.2. The molecule has 1 heterocycles. The summed E-state index contributed by atoms with van der Waals surface area (Å²) in [6, 6.07) is 13.9. The van der Waals surface area contributed by atoms with Crippen molar-refractivity contribution < 1.29 is 4.39 Å². The first kappa shape index (κ1) is 14.6. The Morgan fingerprint density at radius 3 is 2.59 bits per heavy atom. The summed E-state index contributed by atoms with van der Waals surface area (Å²) in [5.41, 5.74) is 2.97. The molecule has 0 atom stereocenters. The minimum Gasteiger partial charge on any atom is -0.299 e. The van der Waals surface area contributed by atoms with Gasteiger partial charge in [0.25, 0.3) is 5.56 Å². The molecule has 5 heteroatoms. The molecule has 0 fully saturated rings. The van der Waals surface area contributed by atoms with Crippen LogP contribution in [0.1, 0.15) is 11.3 Å². The molecular weight excluding hydrogens is 303 g/mol. The maximum Gasteiger partial charge on any atom is 0.274 e. The van der Waals surface area contributed by atoms with Crippen molar-refractivity contribution in [2.75, 3.05) is 0 Å². The van der Waals surface area contributed by atoms with Crippen LogP contribution in [-0.4, -0.2) is 9.78 Å². The van der Waals surface area contributed by atoms with E-state index in [1.54, 1.807) is 6.07 Å². The van der Waals surface area contributed by atoms with Crippen LogP contribution >= 0.6 is 11.6 Å². The van der Waals surface area contributed by atoms with Crippen molar-refractivity contribution in [3.05, 3.63) is 81.0 Å². The van der Waals surface area contributed by atoms with Crippen molar-refractivity contribution in [2.45, 2.75) is 13.5 Å². The molecule has 0 bridgehead atoms. The maximum atomic E-state index is 13.2. The molecule has 0 unspecified atom stereocenters. The van der Waals surface area contributed by atoms with Crippen LogP contribution in [0.5, 0.6) is 0 Å². The molecule has 0 saturated heterocycles. The molecule has 0 saturated carbocycles. The molecule has 2 aromatic carbocycles. The van der Waals surface area contributed by atoms with Crippen LogP contribution in [0.4, 0.5) is 4.39 Å². The Morgan fingerprint density at radius 2 is 1.91 bits per heavy atom. The fourth-order valence-electron chi connectivity index (χ4n) is 2.48. The van der Waals surface area contributed by atoms with Crippen LogP contribution in [0.15, 0.2) is 53.3 Å². The van der Waals surface area contributed by atoms with E-state index in [9.17, 15) is 9.18 Å².